The summed E-state index contributed by atoms with van der Waals surface area (Å²) in [7, 11) is 0. The first-order chi connectivity index (χ1) is 8.41. The zero-order chi connectivity index (χ0) is 13.3. The van der Waals surface area contributed by atoms with E-state index in [2.05, 4.69) is 21.2 Å². The van der Waals surface area contributed by atoms with Crippen LogP contribution in [0.25, 0.3) is 0 Å². The van der Waals surface area contributed by atoms with Gasteiger partial charge in [-0.05, 0) is 50.3 Å². The quantitative estimate of drug-likeness (QED) is 0.898. The zero-order valence-electron chi connectivity index (χ0n) is 10.7. The second kappa shape index (κ2) is 5.02. The fraction of sp³-hybridized carbons (Fsp3) is 0.500. The number of nitrogens with one attached hydrogen (secondary N) is 1. The van der Waals surface area contributed by atoms with Gasteiger partial charge < -0.3 is 11.1 Å². The van der Waals surface area contributed by atoms with Crippen LogP contribution in [-0.2, 0) is 4.79 Å². The first-order valence-electron chi connectivity index (χ1n) is 6.26. The molecule has 1 aliphatic carbocycles. The van der Waals surface area contributed by atoms with Crippen LogP contribution < -0.4 is 11.1 Å². The van der Waals surface area contributed by atoms with Gasteiger partial charge in [-0.15, -0.1) is 0 Å². The van der Waals surface area contributed by atoms with Crippen molar-refractivity contribution in [3.8, 4) is 0 Å². The smallest absolute Gasteiger partial charge is 0.240 e. The second-order valence-corrected chi connectivity index (χ2v) is 6.22. The number of amides is 1. The van der Waals surface area contributed by atoms with E-state index in [1.807, 2.05) is 38.1 Å². The summed E-state index contributed by atoms with van der Waals surface area (Å²) < 4.78 is 1.01. The molecule has 1 saturated carbocycles. The van der Waals surface area contributed by atoms with Crippen molar-refractivity contribution in [3.05, 3.63) is 34.3 Å². The second-order valence-electron chi connectivity index (χ2n) is 5.31. The monoisotopic (exact) mass is 310 g/mol. The fourth-order valence-electron chi connectivity index (χ4n) is 2.08. The van der Waals surface area contributed by atoms with Crippen molar-refractivity contribution in [2.24, 2.45) is 11.7 Å². The molecule has 98 valence electrons. The van der Waals surface area contributed by atoms with Crippen molar-refractivity contribution in [1.29, 1.82) is 0 Å². The largest absolute Gasteiger partial charge is 0.348 e. The maximum absolute atomic E-state index is 12.2. The predicted octanol–water partition coefficient (Wildman–Crippen LogP) is 2.75. The number of carbonyl (C=O) groups is 1. The van der Waals surface area contributed by atoms with E-state index in [0.717, 1.165) is 22.9 Å². The standard InChI is InChI=1S/C14H19BrN2O/c1-9(10-4-3-5-12(15)8-10)17-13(18)14(2,16)11-6-7-11/h3-5,8-9,11H,6-7,16H2,1-2H3,(H,17,18)/t9-,14?/m1/s1. The van der Waals surface area contributed by atoms with E-state index in [1.54, 1.807) is 0 Å². The molecule has 0 aromatic heterocycles. The van der Waals surface area contributed by atoms with Gasteiger partial charge in [-0.2, -0.15) is 0 Å². The molecule has 1 aromatic rings. The lowest BCUT2D eigenvalue weighted by molar-refractivity contribution is -0.127. The number of halogens is 1. The van der Waals surface area contributed by atoms with Crippen LogP contribution in [0.1, 0.15) is 38.3 Å². The molecule has 1 aliphatic rings. The van der Waals surface area contributed by atoms with Gasteiger partial charge in [0.2, 0.25) is 5.91 Å². The van der Waals surface area contributed by atoms with Crippen LogP contribution in [0.3, 0.4) is 0 Å². The van der Waals surface area contributed by atoms with Gasteiger partial charge in [-0.25, -0.2) is 0 Å². The Morgan fingerprint density at radius 1 is 1.56 bits per heavy atom. The van der Waals surface area contributed by atoms with E-state index >= 15 is 0 Å². The van der Waals surface area contributed by atoms with Crippen molar-refractivity contribution in [1.82, 2.24) is 5.32 Å². The van der Waals surface area contributed by atoms with Crippen LogP contribution in [-0.4, -0.2) is 11.4 Å². The van der Waals surface area contributed by atoms with Gasteiger partial charge in [0, 0.05) is 4.47 Å². The Balaban J connectivity index is 2.03. The van der Waals surface area contributed by atoms with Gasteiger partial charge in [0.15, 0.2) is 0 Å². The maximum Gasteiger partial charge on any atom is 0.240 e. The fourth-order valence-corrected chi connectivity index (χ4v) is 2.50. The molecule has 1 aromatic carbocycles. The van der Waals surface area contributed by atoms with Crippen molar-refractivity contribution in [2.45, 2.75) is 38.3 Å². The molecule has 1 fully saturated rings. The van der Waals surface area contributed by atoms with Gasteiger partial charge in [-0.1, -0.05) is 28.1 Å². The number of nitrogens with two attached hydrogens (primary N) is 1. The topological polar surface area (TPSA) is 55.1 Å². The summed E-state index contributed by atoms with van der Waals surface area (Å²) in [5.41, 5.74) is 6.44. The van der Waals surface area contributed by atoms with E-state index in [1.165, 1.54) is 0 Å². The Bertz CT molecular complexity index is 455. The van der Waals surface area contributed by atoms with Crippen LogP contribution in [0, 0.1) is 5.92 Å². The minimum absolute atomic E-state index is 0.0309. The molecule has 2 rings (SSSR count). The Morgan fingerprint density at radius 2 is 2.22 bits per heavy atom. The molecule has 4 heteroatoms. The van der Waals surface area contributed by atoms with Gasteiger partial charge in [0.25, 0.3) is 0 Å². The molecule has 2 atom stereocenters. The lowest BCUT2D eigenvalue weighted by atomic mass is 9.95. The predicted molar refractivity (Wildman–Crippen MR) is 76.0 cm³/mol. The maximum atomic E-state index is 12.2. The van der Waals surface area contributed by atoms with Crippen LogP contribution in [0.5, 0.6) is 0 Å². The Labute approximate surface area is 116 Å². The molecule has 1 amide bonds. The summed E-state index contributed by atoms with van der Waals surface area (Å²) in [5, 5.41) is 3.00. The van der Waals surface area contributed by atoms with Crippen LogP contribution >= 0.6 is 15.9 Å². The van der Waals surface area contributed by atoms with Crippen molar-refractivity contribution >= 4 is 21.8 Å². The highest BCUT2D eigenvalue weighted by atomic mass is 79.9. The lowest BCUT2D eigenvalue weighted by Gasteiger charge is -2.26. The first-order valence-corrected chi connectivity index (χ1v) is 7.06. The van der Waals surface area contributed by atoms with Crippen molar-refractivity contribution in [3.63, 3.8) is 0 Å². The molecule has 3 N–H and O–H groups in total. The molecule has 0 saturated heterocycles. The molecule has 0 spiro atoms. The van der Waals surface area contributed by atoms with Gasteiger partial charge in [0.05, 0.1) is 11.6 Å². The highest BCUT2D eigenvalue weighted by Crippen LogP contribution is 2.38. The summed E-state index contributed by atoms with van der Waals surface area (Å²) in [6.45, 7) is 3.80. The van der Waals surface area contributed by atoms with Crippen LogP contribution in [0.15, 0.2) is 28.7 Å². The van der Waals surface area contributed by atoms with E-state index in [0.29, 0.717) is 5.92 Å². The summed E-state index contributed by atoms with van der Waals surface area (Å²) in [4.78, 5) is 12.2. The minimum Gasteiger partial charge on any atom is -0.348 e. The van der Waals surface area contributed by atoms with E-state index in [-0.39, 0.29) is 11.9 Å². The molecule has 0 aliphatic heterocycles. The van der Waals surface area contributed by atoms with Crippen LogP contribution in [0.4, 0.5) is 0 Å². The molecule has 0 bridgehead atoms. The van der Waals surface area contributed by atoms with E-state index in [9.17, 15) is 4.79 Å². The summed E-state index contributed by atoms with van der Waals surface area (Å²) in [6, 6.07) is 7.91. The third-order valence-corrected chi connectivity index (χ3v) is 4.10. The van der Waals surface area contributed by atoms with Gasteiger partial charge in [0.1, 0.15) is 0 Å². The average molecular weight is 311 g/mol. The normalized spacial score (nSPS) is 20.0. The number of carbonyl (C=O) groups excluding carboxylic acids is 1. The molecular weight excluding hydrogens is 292 g/mol. The molecule has 18 heavy (non-hydrogen) atoms. The zero-order valence-corrected chi connectivity index (χ0v) is 12.3. The third-order valence-electron chi connectivity index (χ3n) is 3.61. The number of benzene rings is 1. The summed E-state index contributed by atoms with van der Waals surface area (Å²) >= 11 is 3.43. The number of rotatable bonds is 4. The van der Waals surface area contributed by atoms with Crippen LogP contribution in [0.2, 0.25) is 0 Å². The van der Waals surface area contributed by atoms with E-state index < -0.39 is 5.54 Å². The molecule has 1 unspecified atom stereocenters. The highest BCUT2D eigenvalue weighted by Gasteiger charge is 2.44. The van der Waals surface area contributed by atoms with Crippen molar-refractivity contribution in [2.75, 3.05) is 0 Å². The molecule has 0 radical (unpaired) electrons. The Hall–Kier alpha value is -0.870. The average Bonchev–Trinajstić information content (AvgIpc) is 3.12. The molecule has 0 heterocycles. The SMILES string of the molecule is C[C@@H](NC(=O)C(C)(N)C1CC1)c1cccc(Br)c1. The Kier molecular flexibility index (Phi) is 3.78. The van der Waals surface area contributed by atoms with E-state index in [4.69, 9.17) is 5.73 Å². The molecular formula is C14H19BrN2O. The summed E-state index contributed by atoms with van der Waals surface area (Å²) in [6.07, 6.45) is 2.12. The minimum atomic E-state index is -0.736. The number of hydrogen-bond acceptors (Lipinski definition) is 2. The Morgan fingerprint density at radius 3 is 2.78 bits per heavy atom. The third kappa shape index (κ3) is 2.93. The van der Waals surface area contributed by atoms with Gasteiger partial charge >= 0.3 is 0 Å². The van der Waals surface area contributed by atoms with Gasteiger partial charge in [-0.3, -0.25) is 4.79 Å². The lowest BCUT2D eigenvalue weighted by Crippen LogP contribution is -2.53. The number of hydrogen-bond donors (Lipinski definition) is 2. The summed E-state index contributed by atoms with van der Waals surface area (Å²) in [5.74, 6) is 0.282. The first kappa shape index (κ1) is 13.6. The van der Waals surface area contributed by atoms with Crippen molar-refractivity contribution < 1.29 is 4.79 Å². The molecule has 3 nitrogen and oxygen atoms in total. The highest BCUT2D eigenvalue weighted by molar-refractivity contribution is 9.10.